The number of hydrogen-bond acceptors (Lipinski definition) is 5. The molecule has 0 aromatic heterocycles. The molecule has 0 amide bonds. The van der Waals surface area contributed by atoms with E-state index in [2.05, 4.69) is 6.58 Å². The number of rotatable bonds is 7. The van der Waals surface area contributed by atoms with Crippen LogP contribution >= 0.6 is 0 Å². The quantitative estimate of drug-likeness (QED) is 0.297. The maximum atomic E-state index is 11.9. The van der Waals surface area contributed by atoms with Crippen LogP contribution in [0.4, 0.5) is 0 Å². The van der Waals surface area contributed by atoms with E-state index in [0.29, 0.717) is 23.6 Å². The average Bonchev–Trinajstić information content (AvgIpc) is 2.78. The molecular formula is C22H31BO5. The zero-order valence-corrected chi connectivity index (χ0v) is 18.0. The largest absolute Gasteiger partial charge is 0.494 e. The maximum absolute atomic E-state index is 11.9. The highest BCUT2D eigenvalue weighted by atomic mass is 16.7. The minimum Gasteiger partial charge on any atom is -0.466 e. The molecule has 1 saturated heterocycles. The summed E-state index contributed by atoms with van der Waals surface area (Å²) in [4.78, 5) is 11.9. The molecule has 0 saturated carbocycles. The van der Waals surface area contributed by atoms with Gasteiger partial charge in [0, 0.05) is 5.56 Å². The second-order valence-electron chi connectivity index (χ2n) is 8.11. The summed E-state index contributed by atoms with van der Waals surface area (Å²) in [6.45, 7) is 18.0. The molecule has 5 nitrogen and oxygen atoms in total. The van der Waals surface area contributed by atoms with Crippen molar-refractivity contribution in [2.45, 2.75) is 66.1 Å². The molecule has 152 valence electrons. The van der Waals surface area contributed by atoms with Crippen molar-refractivity contribution in [2.75, 3.05) is 6.61 Å². The molecule has 1 aromatic carbocycles. The van der Waals surface area contributed by atoms with Crippen LogP contribution in [-0.2, 0) is 25.3 Å². The Morgan fingerprint density at radius 1 is 1.21 bits per heavy atom. The predicted octanol–water partition coefficient (Wildman–Crippen LogP) is 4.57. The van der Waals surface area contributed by atoms with Gasteiger partial charge in [0.1, 0.15) is 11.5 Å². The molecule has 0 radical (unpaired) electrons. The number of aryl methyl sites for hydroxylation is 1. The molecule has 1 heterocycles. The SMILES string of the molecule is C=C(/C=C(\C)Oc1cc(C)ccc1CC(=O)OCC)B1OC(C)(C)C(C)(C)O1. The van der Waals surface area contributed by atoms with Crippen LogP contribution in [0.5, 0.6) is 5.75 Å². The average molecular weight is 386 g/mol. The molecule has 1 fully saturated rings. The van der Waals surface area contributed by atoms with Gasteiger partial charge in [-0.2, -0.15) is 0 Å². The first-order valence-electron chi connectivity index (χ1n) is 9.61. The monoisotopic (exact) mass is 386 g/mol. The van der Waals surface area contributed by atoms with Crippen molar-refractivity contribution in [3.63, 3.8) is 0 Å². The molecule has 1 aliphatic heterocycles. The van der Waals surface area contributed by atoms with Crippen molar-refractivity contribution in [1.29, 1.82) is 0 Å². The van der Waals surface area contributed by atoms with Crippen LogP contribution in [0.1, 0.15) is 52.7 Å². The van der Waals surface area contributed by atoms with E-state index in [1.807, 2.05) is 59.7 Å². The van der Waals surface area contributed by atoms with E-state index >= 15 is 0 Å². The molecule has 1 aromatic rings. The molecule has 0 spiro atoms. The Hall–Kier alpha value is -2.05. The van der Waals surface area contributed by atoms with Gasteiger partial charge in [0.15, 0.2) is 0 Å². The number of carbonyl (C=O) groups is 1. The number of hydrogen-bond donors (Lipinski definition) is 0. The first-order valence-corrected chi connectivity index (χ1v) is 9.61. The van der Waals surface area contributed by atoms with Gasteiger partial charge >= 0.3 is 13.1 Å². The number of benzene rings is 1. The van der Waals surface area contributed by atoms with Gasteiger partial charge in [-0.25, -0.2) is 0 Å². The lowest BCUT2D eigenvalue weighted by molar-refractivity contribution is -0.142. The Morgan fingerprint density at radius 3 is 2.39 bits per heavy atom. The van der Waals surface area contributed by atoms with Gasteiger partial charge < -0.3 is 18.8 Å². The lowest BCUT2D eigenvalue weighted by Crippen LogP contribution is -2.41. The summed E-state index contributed by atoms with van der Waals surface area (Å²) in [5, 5.41) is 0. The summed E-state index contributed by atoms with van der Waals surface area (Å²) < 4.78 is 23.1. The van der Waals surface area contributed by atoms with E-state index < -0.39 is 18.3 Å². The zero-order valence-electron chi connectivity index (χ0n) is 18.0. The molecular weight excluding hydrogens is 355 g/mol. The normalized spacial score (nSPS) is 18.1. The smallest absolute Gasteiger partial charge is 0.466 e. The predicted molar refractivity (Wildman–Crippen MR) is 111 cm³/mol. The van der Waals surface area contributed by atoms with E-state index in [0.717, 1.165) is 11.1 Å². The fourth-order valence-corrected chi connectivity index (χ4v) is 2.80. The van der Waals surface area contributed by atoms with E-state index in [1.54, 1.807) is 13.0 Å². The molecule has 0 atom stereocenters. The van der Waals surface area contributed by atoms with Crippen LogP contribution in [-0.4, -0.2) is 30.9 Å². The van der Waals surface area contributed by atoms with Crippen LogP contribution in [0.25, 0.3) is 0 Å². The van der Waals surface area contributed by atoms with Gasteiger partial charge in [-0.1, -0.05) is 18.7 Å². The lowest BCUT2D eigenvalue weighted by atomic mass is 9.79. The summed E-state index contributed by atoms with van der Waals surface area (Å²) in [5.74, 6) is 0.985. The second-order valence-corrected chi connectivity index (χ2v) is 8.11. The summed E-state index contributed by atoms with van der Waals surface area (Å²) in [6.07, 6.45) is 1.97. The van der Waals surface area contributed by atoms with Crippen molar-refractivity contribution in [1.82, 2.24) is 0 Å². The van der Waals surface area contributed by atoms with Gasteiger partial charge in [-0.15, -0.1) is 0 Å². The molecule has 28 heavy (non-hydrogen) atoms. The van der Waals surface area contributed by atoms with Crippen molar-refractivity contribution in [3.8, 4) is 5.75 Å². The Bertz CT molecular complexity index is 763. The van der Waals surface area contributed by atoms with E-state index in [-0.39, 0.29) is 12.4 Å². The molecule has 0 unspecified atom stereocenters. The highest BCUT2D eigenvalue weighted by Crippen LogP contribution is 2.38. The van der Waals surface area contributed by atoms with Crippen molar-refractivity contribution in [3.05, 3.63) is 53.2 Å². The molecule has 0 N–H and O–H groups in total. The fraction of sp³-hybridized carbons (Fsp3) is 0.500. The highest BCUT2D eigenvalue weighted by molar-refractivity contribution is 6.55. The summed E-state index contributed by atoms with van der Waals surface area (Å²) in [7, 11) is -0.528. The van der Waals surface area contributed by atoms with Gasteiger partial charge in [0.25, 0.3) is 0 Å². The number of ether oxygens (including phenoxy) is 2. The topological polar surface area (TPSA) is 54.0 Å². The Labute approximate surface area is 168 Å². The van der Waals surface area contributed by atoms with Gasteiger partial charge in [-0.3, -0.25) is 4.79 Å². The third-order valence-electron chi connectivity index (χ3n) is 5.08. The minimum atomic E-state index is -0.528. The van der Waals surface area contributed by atoms with E-state index in [1.165, 1.54) is 0 Å². The second kappa shape index (κ2) is 8.54. The van der Waals surface area contributed by atoms with Gasteiger partial charge in [-0.05, 0) is 71.6 Å². The van der Waals surface area contributed by atoms with E-state index in [9.17, 15) is 4.79 Å². The third kappa shape index (κ3) is 5.27. The molecule has 1 aliphatic rings. The Kier molecular flexibility index (Phi) is 6.78. The van der Waals surface area contributed by atoms with Gasteiger partial charge in [0.2, 0.25) is 0 Å². The summed E-state index contributed by atoms with van der Waals surface area (Å²) in [6, 6.07) is 5.74. The Balaban J connectivity index is 2.14. The maximum Gasteiger partial charge on any atom is 0.494 e. The standard InChI is InChI=1S/C22H31BO5/c1-9-25-20(24)14-18-11-10-15(2)12-19(18)26-17(4)13-16(3)23-27-21(5,6)22(7,8)28-23/h10-13H,3,9,14H2,1-2,4-8H3/b17-13+. The third-order valence-corrected chi connectivity index (χ3v) is 5.08. The number of esters is 1. The van der Waals surface area contributed by atoms with Crippen LogP contribution in [0.3, 0.4) is 0 Å². The van der Waals surface area contributed by atoms with E-state index in [4.69, 9.17) is 18.8 Å². The minimum absolute atomic E-state index is 0.162. The van der Waals surface area contributed by atoms with Crippen molar-refractivity contribution >= 4 is 13.1 Å². The molecule has 6 heteroatoms. The molecule has 0 bridgehead atoms. The number of carbonyl (C=O) groups excluding carboxylic acids is 1. The van der Waals surface area contributed by atoms with Crippen molar-refractivity contribution < 1.29 is 23.6 Å². The first kappa shape index (κ1) is 22.2. The summed E-state index contributed by atoms with van der Waals surface area (Å²) >= 11 is 0. The van der Waals surface area contributed by atoms with Crippen LogP contribution in [0.15, 0.2) is 42.1 Å². The summed E-state index contributed by atoms with van der Waals surface area (Å²) in [5.41, 5.74) is 1.65. The molecule has 0 aliphatic carbocycles. The first-order chi connectivity index (χ1) is 12.9. The van der Waals surface area contributed by atoms with Crippen molar-refractivity contribution in [2.24, 2.45) is 0 Å². The highest BCUT2D eigenvalue weighted by Gasteiger charge is 2.51. The zero-order chi connectivity index (χ0) is 21.1. The molecule has 2 rings (SSSR count). The van der Waals surface area contributed by atoms with Crippen LogP contribution in [0.2, 0.25) is 0 Å². The Morgan fingerprint density at radius 2 is 1.82 bits per heavy atom. The van der Waals surface area contributed by atoms with Gasteiger partial charge in [0.05, 0.1) is 24.2 Å². The fourth-order valence-electron chi connectivity index (χ4n) is 2.80. The van der Waals surface area contributed by atoms with Crippen LogP contribution in [0, 0.1) is 6.92 Å². The lowest BCUT2D eigenvalue weighted by Gasteiger charge is -2.32. The van der Waals surface area contributed by atoms with Crippen LogP contribution < -0.4 is 4.74 Å². The number of allylic oxidation sites excluding steroid dienone is 3.